The Morgan fingerprint density at radius 3 is 2.62 bits per heavy atom. The minimum atomic E-state index is 0.944. The predicted molar refractivity (Wildman–Crippen MR) is 90.7 cm³/mol. The van der Waals surface area contributed by atoms with Crippen LogP contribution in [0, 0.1) is 13.8 Å². The van der Waals surface area contributed by atoms with Gasteiger partial charge < -0.3 is 10.2 Å². The lowest BCUT2D eigenvalue weighted by atomic mass is 10.2. The zero-order chi connectivity index (χ0) is 15.1. The fourth-order valence-corrected chi connectivity index (χ4v) is 3.29. The van der Waals surface area contributed by atoms with Crippen LogP contribution in [0.15, 0.2) is 30.3 Å². The molecule has 0 aliphatic carbocycles. The summed E-state index contributed by atoms with van der Waals surface area (Å²) >= 11 is 1.80. The molecule has 0 aliphatic rings. The standard InChI is InChI=1S/C17H25N3S/c1-14-17(21-15(2)19-14)12-18-10-7-11-20(3)13-16-8-5-4-6-9-16/h4-6,8-9,18H,7,10-13H2,1-3H3. The van der Waals surface area contributed by atoms with Crippen molar-refractivity contribution in [1.29, 1.82) is 0 Å². The summed E-state index contributed by atoms with van der Waals surface area (Å²) in [4.78, 5) is 8.20. The van der Waals surface area contributed by atoms with Crippen LogP contribution in [-0.4, -0.2) is 30.0 Å². The molecule has 0 radical (unpaired) electrons. The highest BCUT2D eigenvalue weighted by molar-refractivity contribution is 7.11. The van der Waals surface area contributed by atoms with Crippen molar-refractivity contribution in [2.75, 3.05) is 20.1 Å². The second-order valence-corrected chi connectivity index (χ2v) is 6.78. The van der Waals surface area contributed by atoms with Crippen LogP contribution < -0.4 is 5.32 Å². The van der Waals surface area contributed by atoms with E-state index in [9.17, 15) is 0 Å². The number of nitrogens with one attached hydrogen (secondary N) is 1. The summed E-state index contributed by atoms with van der Waals surface area (Å²) in [6.07, 6.45) is 1.17. The van der Waals surface area contributed by atoms with Crippen molar-refractivity contribution in [1.82, 2.24) is 15.2 Å². The number of thiazole rings is 1. The second-order valence-electron chi connectivity index (χ2n) is 5.50. The molecule has 0 aliphatic heterocycles. The molecule has 2 rings (SSSR count). The van der Waals surface area contributed by atoms with Crippen LogP contribution in [0.3, 0.4) is 0 Å². The molecule has 1 aromatic heterocycles. The molecule has 0 amide bonds. The molecule has 4 heteroatoms. The van der Waals surface area contributed by atoms with E-state index in [0.29, 0.717) is 0 Å². The Morgan fingerprint density at radius 2 is 1.95 bits per heavy atom. The van der Waals surface area contributed by atoms with Gasteiger partial charge in [-0.05, 0) is 46.0 Å². The first-order valence-corrected chi connectivity index (χ1v) is 8.33. The maximum Gasteiger partial charge on any atom is 0.0900 e. The molecule has 21 heavy (non-hydrogen) atoms. The number of hydrogen-bond acceptors (Lipinski definition) is 4. The molecule has 0 spiro atoms. The highest BCUT2D eigenvalue weighted by atomic mass is 32.1. The van der Waals surface area contributed by atoms with Crippen molar-refractivity contribution >= 4 is 11.3 Å². The summed E-state index contributed by atoms with van der Waals surface area (Å²) in [7, 11) is 2.18. The van der Waals surface area contributed by atoms with Crippen LogP contribution in [0.5, 0.6) is 0 Å². The van der Waals surface area contributed by atoms with E-state index in [1.165, 1.54) is 22.6 Å². The lowest BCUT2D eigenvalue weighted by molar-refractivity contribution is 0.319. The smallest absolute Gasteiger partial charge is 0.0900 e. The average Bonchev–Trinajstić information content (AvgIpc) is 2.78. The first-order chi connectivity index (χ1) is 10.1. The topological polar surface area (TPSA) is 28.2 Å². The quantitative estimate of drug-likeness (QED) is 0.758. The lowest BCUT2D eigenvalue weighted by Crippen LogP contribution is -2.23. The molecule has 0 saturated heterocycles. The van der Waals surface area contributed by atoms with Gasteiger partial charge in [-0.3, -0.25) is 0 Å². The normalized spacial score (nSPS) is 11.2. The first kappa shape index (κ1) is 16.1. The Labute approximate surface area is 132 Å². The van der Waals surface area contributed by atoms with Crippen molar-refractivity contribution in [2.45, 2.75) is 33.4 Å². The molecule has 0 bridgehead atoms. The van der Waals surface area contributed by atoms with Crippen molar-refractivity contribution in [3.8, 4) is 0 Å². The minimum absolute atomic E-state index is 0.944. The fraction of sp³-hybridized carbons (Fsp3) is 0.471. The maximum atomic E-state index is 4.46. The zero-order valence-electron chi connectivity index (χ0n) is 13.2. The minimum Gasteiger partial charge on any atom is -0.312 e. The van der Waals surface area contributed by atoms with E-state index in [4.69, 9.17) is 0 Å². The van der Waals surface area contributed by atoms with Gasteiger partial charge in [0.05, 0.1) is 10.7 Å². The molecule has 0 saturated carbocycles. The van der Waals surface area contributed by atoms with Crippen LogP contribution in [0.25, 0.3) is 0 Å². The van der Waals surface area contributed by atoms with Gasteiger partial charge in [0.25, 0.3) is 0 Å². The third kappa shape index (κ3) is 5.58. The van der Waals surface area contributed by atoms with Crippen LogP contribution >= 0.6 is 11.3 Å². The number of benzene rings is 1. The molecular weight excluding hydrogens is 278 g/mol. The van der Waals surface area contributed by atoms with E-state index in [1.807, 2.05) is 0 Å². The summed E-state index contributed by atoms with van der Waals surface area (Å²) in [6, 6.07) is 10.6. The summed E-state index contributed by atoms with van der Waals surface area (Å²) in [5, 5.41) is 4.68. The lowest BCUT2D eigenvalue weighted by Gasteiger charge is -2.16. The Hall–Kier alpha value is -1.23. The summed E-state index contributed by atoms with van der Waals surface area (Å²) in [6.45, 7) is 8.29. The Balaban J connectivity index is 1.60. The third-order valence-electron chi connectivity index (χ3n) is 3.47. The van der Waals surface area contributed by atoms with Gasteiger partial charge in [-0.2, -0.15) is 0 Å². The van der Waals surface area contributed by atoms with Crippen molar-refractivity contribution in [2.24, 2.45) is 0 Å². The van der Waals surface area contributed by atoms with E-state index < -0.39 is 0 Å². The molecule has 114 valence electrons. The number of nitrogens with zero attached hydrogens (tertiary/aromatic N) is 2. The van der Waals surface area contributed by atoms with Gasteiger partial charge in [-0.15, -0.1) is 11.3 Å². The monoisotopic (exact) mass is 303 g/mol. The van der Waals surface area contributed by atoms with Gasteiger partial charge in [0, 0.05) is 18.0 Å². The Kier molecular flexibility index (Phi) is 6.36. The summed E-state index contributed by atoms with van der Waals surface area (Å²) in [5.74, 6) is 0. The van der Waals surface area contributed by atoms with Gasteiger partial charge in [-0.1, -0.05) is 30.3 Å². The van der Waals surface area contributed by atoms with Crippen LogP contribution in [0.2, 0.25) is 0 Å². The van der Waals surface area contributed by atoms with Crippen molar-refractivity contribution in [3.63, 3.8) is 0 Å². The molecule has 0 atom stereocenters. The van der Waals surface area contributed by atoms with E-state index in [-0.39, 0.29) is 0 Å². The highest BCUT2D eigenvalue weighted by Gasteiger charge is 2.04. The van der Waals surface area contributed by atoms with Crippen LogP contribution in [-0.2, 0) is 13.1 Å². The molecular formula is C17H25N3S. The van der Waals surface area contributed by atoms with Gasteiger partial charge in [0.1, 0.15) is 0 Å². The molecule has 2 aromatic rings. The van der Waals surface area contributed by atoms with Crippen LogP contribution in [0.1, 0.15) is 27.6 Å². The average molecular weight is 303 g/mol. The van der Waals surface area contributed by atoms with Crippen LogP contribution in [0.4, 0.5) is 0 Å². The Bertz CT molecular complexity index is 536. The number of rotatable bonds is 8. The highest BCUT2D eigenvalue weighted by Crippen LogP contribution is 2.16. The zero-order valence-corrected chi connectivity index (χ0v) is 14.0. The predicted octanol–water partition coefficient (Wildman–Crippen LogP) is 3.37. The van der Waals surface area contributed by atoms with Gasteiger partial charge in [-0.25, -0.2) is 4.98 Å². The summed E-state index contributed by atoms with van der Waals surface area (Å²) in [5.41, 5.74) is 2.55. The second kappa shape index (κ2) is 8.27. The largest absolute Gasteiger partial charge is 0.312 e. The maximum absolute atomic E-state index is 4.46. The number of hydrogen-bond donors (Lipinski definition) is 1. The van der Waals surface area contributed by atoms with E-state index >= 15 is 0 Å². The molecule has 0 unspecified atom stereocenters. The van der Waals surface area contributed by atoms with Gasteiger partial charge in [0.2, 0.25) is 0 Å². The third-order valence-corrected chi connectivity index (χ3v) is 4.55. The van der Waals surface area contributed by atoms with E-state index in [1.54, 1.807) is 11.3 Å². The van der Waals surface area contributed by atoms with Gasteiger partial charge in [0.15, 0.2) is 0 Å². The SMILES string of the molecule is Cc1nc(C)c(CNCCCN(C)Cc2ccccc2)s1. The summed E-state index contributed by atoms with van der Waals surface area (Å²) < 4.78 is 0. The Morgan fingerprint density at radius 1 is 1.19 bits per heavy atom. The molecule has 0 fully saturated rings. The number of aryl methyl sites for hydroxylation is 2. The van der Waals surface area contributed by atoms with E-state index in [2.05, 4.69) is 66.4 Å². The molecule has 1 heterocycles. The van der Waals surface area contributed by atoms with Crippen molar-refractivity contribution in [3.05, 3.63) is 51.5 Å². The molecule has 1 N–H and O–H groups in total. The van der Waals surface area contributed by atoms with E-state index in [0.717, 1.165) is 31.2 Å². The number of aromatic nitrogens is 1. The van der Waals surface area contributed by atoms with Gasteiger partial charge >= 0.3 is 0 Å². The van der Waals surface area contributed by atoms with Crippen molar-refractivity contribution < 1.29 is 0 Å². The fourth-order valence-electron chi connectivity index (χ4n) is 2.39. The molecule has 1 aromatic carbocycles. The molecule has 3 nitrogen and oxygen atoms in total. The first-order valence-electron chi connectivity index (χ1n) is 7.51.